The lowest BCUT2D eigenvalue weighted by Gasteiger charge is -2.39. The molecule has 0 radical (unpaired) electrons. The first-order valence-corrected chi connectivity index (χ1v) is 7.87. The molecule has 0 aliphatic heterocycles. The smallest absolute Gasteiger partial charge is 0.0455 e. The van der Waals surface area contributed by atoms with E-state index in [0.717, 1.165) is 5.92 Å². The van der Waals surface area contributed by atoms with Gasteiger partial charge in [0.05, 0.1) is 0 Å². The summed E-state index contributed by atoms with van der Waals surface area (Å²) in [6.45, 7) is 4.76. The maximum Gasteiger partial charge on any atom is 0.0455 e. The van der Waals surface area contributed by atoms with Crippen molar-refractivity contribution in [1.29, 1.82) is 0 Å². The van der Waals surface area contributed by atoms with Crippen LogP contribution in [-0.4, -0.2) is 24.0 Å². The normalized spacial score (nSPS) is 26.5. The number of hydrogen-bond donors (Lipinski definition) is 1. The maximum absolute atomic E-state index is 6.58. The van der Waals surface area contributed by atoms with Crippen LogP contribution < -0.4 is 5.73 Å². The molecule has 1 aromatic rings. The third kappa shape index (κ3) is 2.85. The van der Waals surface area contributed by atoms with Crippen LogP contribution in [0.4, 0.5) is 0 Å². The van der Waals surface area contributed by atoms with E-state index in [-0.39, 0.29) is 6.04 Å². The summed E-state index contributed by atoms with van der Waals surface area (Å²) in [5.41, 5.74) is 9.43. The number of nitrogens with zero attached hydrogens (tertiary/aromatic N) is 1. The molecule has 2 heteroatoms. The second kappa shape index (κ2) is 5.64. The molecule has 19 heavy (non-hydrogen) atoms. The Bertz CT molecular complexity index is 425. The van der Waals surface area contributed by atoms with Gasteiger partial charge in [0.25, 0.3) is 0 Å². The SMILES string of the molecule is CCCN(CC1CC1)C1CCc2ccccc2C1N. The van der Waals surface area contributed by atoms with Crippen LogP contribution in [0.2, 0.25) is 0 Å². The van der Waals surface area contributed by atoms with Crippen molar-refractivity contribution in [1.82, 2.24) is 4.90 Å². The Morgan fingerprint density at radius 3 is 2.74 bits per heavy atom. The van der Waals surface area contributed by atoms with Crippen LogP contribution >= 0.6 is 0 Å². The standard InChI is InChI=1S/C17H26N2/c1-2-11-19(12-13-7-8-13)16-10-9-14-5-3-4-6-15(14)17(16)18/h3-6,13,16-17H,2,7-12,18H2,1H3. The Kier molecular flexibility index (Phi) is 3.90. The molecule has 0 bridgehead atoms. The molecule has 2 unspecified atom stereocenters. The summed E-state index contributed by atoms with van der Waals surface area (Å²) in [5.74, 6) is 0.955. The summed E-state index contributed by atoms with van der Waals surface area (Å²) in [7, 11) is 0. The van der Waals surface area contributed by atoms with Gasteiger partial charge < -0.3 is 5.73 Å². The topological polar surface area (TPSA) is 29.3 Å². The van der Waals surface area contributed by atoms with Gasteiger partial charge in [-0.25, -0.2) is 0 Å². The Balaban J connectivity index is 1.76. The van der Waals surface area contributed by atoms with Gasteiger partial charge in [-0.1, -0.05) is 31.2 Å². The van der Waals surface area contributed by atoms with Crippen LogP contribution in [0.3, 0.4) is 0 Å². The molecule has 0 aromatic heterocycles. The molecule has 1 fully saturated rings. The molecule has 2 N–H and O–H groups in total. The van der Waals surface area contributed by atoms with Crippen molar-refractivity contribution < 1.29 is 0 Å². The van der Waals surface area contributed by atoms with Crippen molar-refractivity contribution in [3.63, 3.8) is 0 Å². The second-order valence-corrected chi connectivity index (χ2v) is 6.27. The first-order chi connectivity index (χ1) is 9.29. The van der Waals surface area contributed by atoms with Gasteiger partial charge in [0.1, 0.15) is 0 Å². The molecule has 0 saturated heterocycles. The van der Waals surface area contributed by atoms with Crippen LogP contribution in [0.1, 0.15) is 49.8 Å². The van der Waals surface area contributed by atoms with E-state index in [2.05, 4.69) is 36.1 Å². The van der Waals surface area contributed by atoms with Crippen molar-refractivity contribution in [3.05, 3.63) is 35.4 Å². The third-order valence-corrected chi connectivity index (χ3v) is 4.71. The minimum absolute atomic E-state index is 0.204. The van der Waals surface area contributed by atoms with Gasteiger partial charge in [0.15, 0.2) is 0 Å². The highest BCUT2D eigenvalue weighted by atomic mass is 15.2. The van der Waals surface area contributed by atoms with Crippen LogP contribution in [0.25, 0.3) is 0 Å². The summed E-state index contributed by atoms with van der Waals surface area (Å²) in [4.78, 5) is 2.68. The van der Waals surface area contributed by atoms with Gasteiger partial charge in [-0.05, 0) is 55.7 Å². The highest BCUT2D eigenvalue weighted by molar-refractivity contribution is 5.33. The second-order valence-electron chi connectivity index (χ2n) is 6.27. The van der Waals surface area contributed by atoms with E-state index in [9.17, 15) is 0 Å². The predicted molar refractivity (Wildman–Crippen MR) is 80.1 cm³/mol. The minimum Gasteiger partial charge on any atom is -0.323 e. The number of nitrogens with two attached hydrogens (primary N) is 1. The molecule has 3 rings (SSSR count). The van der Waals surface area contributed by atoms with E-state index in [1.165, 1.54) is 56.3 Å². The Morgan fingerprint density at radius 1 is 1.21 bits per heavy atom. The number of rotatable bonds is 5. The van der Waals surface area contributed by atoms with Crippen molar-refractivity contribution in [2.24, 2.45) is 11.7 Å². The van der Waals surface area contributed by atoms with Crippen LogP contribution in [0.5, 0.6) is 0 Å². The Hall–Kier alpha value is -0.860. The fourth-order valence-corrected chi connectivity index (χ4v) is 3.50. The molecule has 0 amide bonds. The quantitative estimate of drug-likeness (QED) is 0.879. The summed E-state index contributed by atoms with van der Waals surface area (Å²) in [5, 5.41) is 0. The highest BCUT2D eigenvalue weighted by Gasteiger charge is 2.33. The Morgan fingerprint density at radius 2 is 2.00 bits per heavy atom. The molecule has 2 aliphatic rings. The van der Waals surface area contributed by atoms with Crippen molar-refractivity contribution in [2.45, 2.75) is 51.1 Å². The lowest BCUT2D eigenvalue weighted by atomic mass is 9.83. The van der Waals surface area contributed by atoms with Gasteiger partial charge in [0, 0.05) is 18.6 Å². The van der Waals surface area contributed by atoms with E-state index in [4.69, 9.17) is 5.73 Å². The zero-order valence-corrected chi connectivity index (χ0v) is 12.0. The van der Waals surface area contributed by atoms with Crippen LogP contribution in [-0.2, 0) is 6.42 Å². The number of hydrogen-bond acceptors (Lipinski definition) is 2. The van der Waals surface area contributed by atoms with Crippen LogP contribution in [0, 0.1) is 5.92 Å². The number of aryl methyl sites for hydroxylation is 1. The van der Waals surface area contributed by atoms with Gasteiger partial charge in [0.2, 0.25) is 0 Å². The summed E-state index contributed by atoms with van der Waals surface area (Å²) >= 11 is 0. The first-order valence-electron chi connectivity index (χ1n) is 7.87. The predicted octanol–water partition coefficient (Wildman–Crippen LogP) is 3.12. The highest BCUT2D eigenvalue weighted by Crippen LogP contribution is 2.35. The fourth-order valence-electron chi connectivity index (χ4n) is 3.50. The monoisotopic (exact) mass is 258 g/mol. The molecular weight excluding hydrogens is 232 g/mol. The van der Waals surface area contributed by atoms with E-state index >= 15 is 0 Å². The summed E-state index contributed by atoms with van der Waals surface area (Å²) in [6.07, 6.45) is 6.51. The van der Waals surface area contributed by atoms with Crippen molar-refractivity contribution >= 4 is 0 Å². The molecule has 2 atom stereocenters. The average Bonchev–Trinajstić information content (AvgIpc) is 3.23. The molecule has 2 nitrogen and oxygen atoms in total. The van der Waals surface area contributed by atoms with Crippen LogP contribution in [0.15, 0.2) is 24.3 Å². The van der Waals surface area contributed by atoms with E-state index in [0.29, 0.717) is 6.04 Å². The van der Waals surface area contributed by atoms with Gasteiger partial charge in [-0.2, -0.15) is 0 Å². The van der Waals surface area contributed by atoms with E-state index in [1.807, 2.05) is 0 Å². The molecule has 104 valence electrons. The molecular formula is C17H26N2. The maximum atomic E-state index is 6.58. The van der Waals surface area contributed by atoms with Crippen molar-refractivity contribution in [2.75, 3.05) is 13.1 Å². The lowest BCUT2D eigenvalue weighted by Crippen LogP contribution is -2.46. The summed E-state index contributed by atoms with van der Waals surface area (Å²) in [6, 6.07) is 9.50. The zero-order valence-electron chi connectivity index (χ0n) is 12.0. The van der Waals surface area contributed by atoms with Crippen molar-refractivity contribution in [3.8, 4) is 0 Å². The molecule has 0 spiro atoms. The first kappa shape index (κ1) is 13.1. The van der Waals surface area contributed by atoms with E-state index < -0.39 is 0 Å². The molecule has 0 heterocycles. The van der Waals surface area contributed by atoms with Gasteiger partial charge >= 0.3 is 0 Å². The average molecular weight is 258 g/mol. The lowest BCUT2D eigenvalue weighted by molar-refractivity contribution is 0.148. The molecule has 2 aliphatic carbocycles. The van der Waals surface area contributed by atoms with Gasteiger partial charge in [-0.3, -0.25) is 4.90 Å². The third-order valence-electron chi connectivity index (χ3n) is 4.71. The number of fused-ring (bicyclic) bond motifs is 1. The fraction of sp³-hybridized carbons (Fsp3) is 0.647. The molecule has 1 saturated carbocycles. The number of benzene rings is 1. The summed E-state index contributed by atoms with van der Waals surface area (Å²) < 4.78 is 0. The van der Waals surface area contributed by atoms with Gasteiger partial charge in [-0.15, -0.1) is 0 Å². The minimum atomic E-state index is 0.204. The zero-order chi connectivity index (χ0) is 13.2. The largest absolute Gasteiger partial charge is 0.323 e. The van der Waals surface area contributed by atoms with E-state index in [1.54, 1.807) is 0 Å². The Labute approximate surface area is 117 Å². The molecule has 1 aromatic carbocycles.